The molecule has 182 valence electrons. The van der Waals surface area contributed by atoms with E-state index in [9.17, 15) is 9.50 Å². The van der Waals surface area contributed by atoms with Crippen LogP contribution in [0.1, 0.15) is 46.9 Å². The molecule has 4 aromatic rings. The van der Waals surface area contributed by atoms with Crippen LogP contribution in [0.5, 0.6) is 5.75 Å². The molecule has 0 saturated heterocycles. The Morgan fingerprint density at radius 3 is 2.86 bits per heavy atom. The number of unbranched alkanes of at least 4 members (excludes halogenated alkanes) is 1. The lowest BCUT2D eigenvalue weighted by atomic mass is 10.0. The highest BCUT2D eigenvalue weighted by atomic mass is 35.5. The number of benzene rings is 2. The number of nitrogens with zero attached hydrogens (tertiary/aromatic N) is 3. The number of oxazole rings is 1. The maximum Gasteiger partial charge on any atom is 0.218 e. The maximum atomic E-state index is 13.9. The van der Waals surface area contributed by atoms with Gasteiger partial charge in [-0.1, -0.05) is 23.7 Å². The second-order valence-corrected chi connectivity index (χ2v) is 8.64. The van der Waals surface area contributed by atoms with Gasteiger partial charge in [0.2, 0.25) is 5.89 Å². The average molecular weight is 496 g/mol. The van der Waals surface area contributed by atoms with E-state index in [0.717, 1.165) is 31.6 Å². The Morgan fingerprint density at radius 1 is 1.17 bits per heavy atom. The molecule has 0 unspecified atom stereocenters. The first kappa shape index (κ1) is 24.7. The van der Waals surface area contributed by atoms with E-state index in [4.69, 9.17) is 20.8 Å². The van der Waals surface area contributed by atoms with Gasteiger partial charge >= 0.3 is 0 Å². The van der Waals surface area contributed by atoms with Gasteiger partial charge in [-0.15, -0.1) is 0 Å². The molecule has 0 aliphatic rings. The zero-order chi connectivity index (χ0) is 24.6. The molecule has 0 aliphatic heterocycles. The first-order chi connectivity index (χ1) is 17.0. The SMILES string of the molecule is Cc1cc(OCc2coc(/C=C/c3ccc(Cl)cc3F)n2)ccc1CCCCn1ccnc1CO. The Bertz CT molecular complexity index is 1300. The van der Waals surface area contributed by atoms with Gasteiger partial charge in [0, 0.05) is 35.6 Å². The molecule has 6 nitrogen and oxygen atoms in total. The van der Waals surface area contributed by atoms with Crippen LogP contribution in [0.2, 0.25) is 5.02 Å². The summed E-state index contributed by atoms with van der Waals surface area (Å²) in [6.45, 7) is 3.16. The minimum absolute atomic E-state index is 0.0384. The van der Waals surface area contributed by atoms with Crippen molar-refractivity contribution in [3.63, 3.8) is 0 Å². The zero-order valence-electron chi connectivity index (χ0n) is 19.5. The molecule has 4 rings (SSSR count). The van der Waals surface area contributed by atoms with E-state index in [1.165, 1.54) is 23.5 Å². The smallest absolute Gasteiger partial charge is 0.218 e. The zero-order valence-corrected chi connectivity index (χ0v) is 20.2. The molecule has 8 heteroatoms. The fourth-order valence-electron chi connectivity index (χ4n) is 3.75. The Morgan fingerprint density at radius 2 is 2.06 bits per heavy atom. The lowest BCUT2D eigenvalue weighted by Gasteiger charge is -2.10. The van der Waals surface area contributed by atoms with Crippen molar-refractivity contribution in [2.24, 2.45) is 0 Å². The van der Waals surface area contributed by atoms with Gasteiger partial charge in [0.05, 0.1) is 0 Å². The van der Waals surface area contributed by atoms with E-state index < -0.39 is 5.82 Å². The highest BCUT2D eigenvalue weighted by molar-refractivity contribution is 6.30. The normalized spacial score (nSPS) is 11.4. The van der Waals surface area contributed by atoms with Crippen molar-refractivity contribution in [2.75, 3.05) is 0 Å². The minimum Gasteiger partial charge on any atom is -0.487 e. The van der Waals surface area contributed by atoms with Gasteiger partial charge in [-0.3, -0.25) is 0 Å². The topological polar surface area (TPSA) is 73.3 Å². The van der Waals surface area contributed by atoms with Crippen LogP contribution in [0.15, 0.2) is 59.5 Å². The summed E-state index contributed by atoms with van der Waals surface area (Å²) in [4.78, 5) is 8.49. The predicted molar refractivity (Wildman–Crippen MR) is 133 cm³/mol. The van der Waals surface area contributed by atoms with Crippen LogP contribution in [-0.4, -0.2) is 19.6 Å². The molecule has 0 atom stereocenters. The van der Waals surface area contributed by atoms with Gasteiger partial charge in [-0.05, 0) is 67.7 Å². The number of hydrogen-bond donors (Lipinski definition) is 1. The van der Waals surface area contributed by atoms with Crippen LogP contribution in [0.25, 0.3) is 12.2 Å². The summed E-state index contributed by atoms with van der Waals surface area (Å²) < 4.78 is 27.2. The first-order valence-electron chi connectivity index (χ1n) is 11.4. The van der Waals surface area contributed by atoms with Crippen molar-refractivity contribution in [1.29, 1.82) is 0 Å². The molecule has 0 bridgehead atoms. The van der Waals surface area contributed by atoms with E-state index in [-0.39, 0.29) is 13.2 Å². The van der Waals surface area contributed by atoms with E-state index in [2.05, 4.69) is 23.0 Å². The number of halogens is 2. The molecule has 2 aromatic heterocycles. The molecule has 0 amide bonds. The first-order valence-corrected chi connectivity index (χ1v) is 11.8. The highest BCUT2D eigenvalue weighted by Gasteiger charge is 2.07. The highest BCUT2D eigenvalue weighted by Crippen LogP contribution is 2.21. The van der Waals surface area contributed by atoms with Crippen molar-refractivity contribution in [2.45, 2.75) is 45.9 Å². The van der Waals surface area contributed by atoms with Crippen LogP contribution in [0.3, 0.4) is 0 Å². The summed E-state index contributed by atoms with van der Waals surface area (Å²) in [7, 11) is 0. The van der Waals surface area contributed by atoms with Crippen LogP contribution >= 0.6 is 11.6 Å². The molecule has 0 aliphatic carbocycles. The second-order valence-electron chi connectivity index (χ2n) is 8.21. The number of ether oxygens (including phenoxy) is 1. The summed E-state index contributed by atoms with van der Waals surface area (Å²) >= 11 is 5.78. The molecule has 2 heterocycles. The Balaban J connectivity index is 1.25. The third-order valence-corrected chi connectivity index (χ3v) is 5.91. The Kier molecular flexibility index (Phi) is 8.34. The van der Waals surface area contributed by atoms with Crippen molar-refractivity contribution < 1.29 is 18.7 Å². The van der Waals surface area contributed by atoms with E-state index in [1.54, 1.807) is 30.5 Å². The number of aliphatic hydroxyl groups is 1. The van der Waals surface area contributed by atoms with Gasteiger partial charge < -0.3 is 18.8 Å². The lowest BCUT2D eigenvalue weighted by Crippen LogP contribution is -2.03. The van der Waals surface area contributed by atoms with Gasteiger partial charge in [-0.2, -0.15) is 0 Å². The summed E-state index contributed by atoms with van der Waals surface area (Å²) in [5.74, 6) is 1.43. The molecular formula is C27H27ClFN3O3. The Labute approximate surface area is 208 Å². The number of aromatic nitrogens is 3. The molecule has 0 saturated carbocycles. The van der Waals surface area contributed by atoms with E-state index >= 15 is 0 Å². The molecule has 1 N–H and O–H groups in total. The summed E-state index contributed by atoms with van der Waals surface area (Å²) in [5.41, 5.74) is 3.51. The summed E-state index contributed by atoms with van der Waals surface area (Å²) in [6, 6.07) is 10.6. The van der Waals surface area contributed by atoms with Crippen molar-refractivity contribution in [3.05, 3.63) is 100.0 Å². The van der Waals surface area contributed by atoms with Crippen molar-refractivity contribution >= 4 is 23.8 Å². The maximum absolute atomic E-state index is 13.9. The quantitative estimate of drug-likeness (QED) is 0.249. The molecule has 35 heavy (non-hydrogen) atoms. The van der Waals surface area contributed by atoms with Crippen LogP contribution in [0, 0.1) is 12.7 Å². The number of aryl methyl sites for hydroxylation is 3. The van der Waals surface area contributed by atoms with Crippen LogP contribution < -0.4 is 4.74 Å². The van der Waals surface area contributed by atoms with Gasteiger partial charge in [-0.25, -0.2) is 14.4 Å². The number of aliphatic hydroxyl groups excluding tert-OH is 1. The van der Waals surface area contributed by atoms with Gasteiger partial charge in [0.15, 0.2) is 0 Å². The monoisotopic (exact) mass is 495 g/mol. The van der Waals surface area contributed by atoms with E-state index in [0.29, 0.717) is 28.0 Å². The largest absolute Gasteiger partial charge is 0.487 e. The fraction of sp³-hybridized carbons (Fsp3) is 0.259. The lowest BCUT2D eigenvalue weighted by molar-refractivity contribution is 0.264. The van der Waals surface area contributed by atoms with Crippen molar-refractivity contribution in [3.8, 4) is 5.75 Å². The average Bonchev–Trinajstić information content (AvgIpc) is 3.50. The summed E-state index contributed by atoms with van der Waals surface area (Å²) in [6.07, 6.45) is 11.4. The minimum atomic E-state index is -0.406. The third-order valence-electron chi connectivity index (χ3n) is 5.68. The molecule has 0 radical (unpaired) electrons. The van der Waals surface area contributed by atoms with Crippen LogP contribution in [-0.2, 0) is 26.2 Å². The second kappa shape index (κ2) is 11.8. The number of hydrogen-bond acceptors (Lipinski definition) is 5. The number of imidazole rings is 1. The predicted octanol–water partition coefficient (Wildman–Crippen LogP) is 6.24. The fourth-order valence-corrected chi connectivity index (χ4v) is 3.91. The molecule has 2 aromatic carbocycles. The summed E-state index contributed by atoms with van der Waals surface area (Å²) in [5, 5.41) is 9.63. The van der Waals surface area contributed by atoms with E-state index in [1.807, 2.05) is 22.9 Å². The standard InChI is InChI=1S/C27H27ClFN3O3/c1-19-14-24(9-6-20(19)4-2-3-12-32-13-11-30-26(32)16-33)34-17-23-18-35-27(31-23)10-7-21-5-8-22(28)15-25(21)29/h5-11,13-15,18,33H,2-4,12,16-17H2,1H3/b10-7+. The van der Waals surface area contributed by atoms with Gasteiger partial charge in [0.1, 0.15) is 42.6 Å². The number of rotatable bonds is 11. The Hall–Kier alpha value is -3.42. The molecule has 0 fully saturated rings. The molecule has 0 spiro atoms. The van der Waals surface area contributed by atoms with Crippen molar-refractivity contribution in [1.82, 2.24) is 14.5 Å². The third kappa shape index (κ3) is 6.81. The molecular weight excluding hydrogens is 469 g/mol. The van der Waals surface area contributed by atoms with Crippen LogP contribution in [0.4, 0.5) is 4.39 Å². The van der Waals surface area contributed by atoms with Gasteiger partial charge in [0.25, 0.3) is 0 Å².